The van der Waals surface area contributed by atoms with Gasteiger partial charge in [-0.15, -0.1) is 0 Å². The fraction of sp³-hybridized carbons (Fsp3) is 0.538. The van der Waals surface area contributed by atoms with Crippen LogP contribution in [0.2, 0.25) is 5.15 Å². The van der Waals surface area contributed by atoms with Gasteiger partial charge in [-0.25, -0.2) is 17.7 Å². The standard InChI is InChI=1S/C13H18ClN3O3S/c1-2-21(19,20)17-7-4-11(5-8-17)16-13(18)10-3-6-15-12(14)9-10/h3,6,9,11H,2,4-5,7-8H2,1H3,(H,16,18). The predicted octanol–water partition coefficient (Wildman–Crippen LogP) is 1.28. The Balaban J connectivity index is 1.91. The average molecular weight is 332 g/mol. The molecule has 1 aromatic rings. The summed E-state index contributed by atoms with van der Waals surface area (Å²) in [4.78, 5) is 15.9. The zero-order valence-corrected chi connectivity index (χ0v) is 13.3. The summed E-state index contributed by atoms with van der Waals surface area (Å²) in [6.07, 6.45) is 2.71. The number of carbonyl (C=O) groups is 1. The zero-order chi connectivity index (χ0) is 15.5. The molecule has 21 heavy (non-hydrogen) atoms. The van der Waals surface area contributed by atoms with E-state index in [1.165, 1.54) is 16.6 Å². The van der Waals surface area contributed by atoms with Gasteiger partial charge in [0.2, 0.25) is 10.0 Å². The third-order valence-corrected chi connectivity index (χ3v) is 5.62. The molecule has 116 valence electrons. The minimum atomic E-state index is -3.14. The summed E-state index contributed by atoms with van der Waals surface area (Å²) in [6.45, 7) is 2.52. The van der Waals surface area contributed by atoms with Crippen molar-refractivity contribution in [1.29, 1.82) is 0 Å². The number of aromatic nitrogens is 1. The van der Waals surface area contributed by atoms with Crippen LogP contribution in [0.15, 0.2) is 18.3 Å². The largest absolute Gasteiger partial charge is 0.349 e. The van der Waals surface area contributed by atoms with Gasteiger partial charge in [0, 0.05) is 30.9 Å². The molecule has 0 bridgehead atoms. The van der Waals surface area contributed by atoms with Gasteiger partial charge in [-0.1, -0.05) is 11.6 Å². The van der Waals surface area contributed by atoms with E-state index in [0.29, 0.717) is 31.5 Å². The van der Waals surface area contributed by atoms with Crippen LogP contribution in [0.3, 0.4) is 0 Å². The lowest BCUT2D eigenvalue weighted by Crippen LogP contribution is -2.46. The maximum Gasteiger partial charge on any atom is 0.251 e. The molecule has 0 atom stereocenters. The van der Waals surface area contributed by atoms with Crippen LogP contribution in [0, 0.1) is 0 Å². The van der Waals surface area contributed by atoms with Gasteiger partial charge in [-0.2, -0.15) is 0 Å². The van der Waals surface area contributed by atoms with Crippen molar-refractivity contribution in [2.75, 3.05) is 18.8 Å². The second kappa shape index (κ2) is 6.72. The number of rotatable bonds is 4. The predicted molar refractivity (Wildman–Crippen MR) is 80.8 cm³/mol. The Morgan fingerprint density at radius 3 is 2.71 bits per heavy atom. The summed E-state index contributed by atoms with van der Waals surface area (Å²) < 4.78 is 25.0. The van der Waals surface area contributed by atoms with Crippen LogP contribution in [0.25, 0.3) is 0 Å². The Morgan fingerprint density at radius 2 is 2.14 bits per heavy atom. The molecule has 0 unspecified atom stereocenters. The van der Waals surface area contributed by atoms with Gasteiger partial charge >= 0.3 is 0 Å². The summed E-state index contributed by atoms with van der Waals surface area (Å²) in [5.74, 6) is -0.101. The van der Waals surface area contributed by atoms with E-state index in [-0.39, 0.29) is 22.9 Å². The van der Waals surface area contributed by atoms with E-state index in [1.54, 1.807) is 13.0 Å². The fourth-order valence-corrected chi connectivity index (χ4v) is 3.58. The van der Waals surface area contributed by atoms with E-state index >= 15 is 0 Å². The van der Waals surface area contributed by atoms with Gasteiger partial charge in [0.15, 0.2) is 0 Å². The van der Waals surface area contributed by atoms with E-state index in [9.17, 15) is 13.2 Å². The Bertz CT molecular complexity index is 613. The smallest absolute Gasteiger partial charge is 0.251 e. The molecule has 2 heterocycles. The average Bonchev–Trinajstić information content (AvgIpc) is 2.48. The summed E-state index contributed by atoms with van der Waals surface area (Å²) in [5, 5.41) is 3.18. The van der Waals surface area contributed by atoms with Gasteiger partial charge in [-0.05, 0) is 31.9 Å². The number of halogens is 1. The van der Waals surface area contributed by atoms with Gasteiger partial charge in [0.05, 0.1) is 5.75 Å². The van der Waals surface area contributed by atoms with Crippen molar-refractivity contribution >= 4 is 27.5 Å². The van der Waals surface area contributed by atoms with Gasteiger partial charge in [0.1, 0.15) is 5.15 Å². The topological polar surface area (TPSA) is 79.4 Å². The van der Waals surface area contributed by atoms with E-state index in [4.69, 9.17) is 11.6 Å². The quantitative estimate of drug-likeness (QED) is 0.843. The van der Waals surface area contributed by atoms with Crippen LogP contribution in [-0.4, -0.2) is 48.5 Å². The van der Waals surface area contributed by atoms with Crippen LogP contribution in [0.1, 0.15) is 30.1 Å². The molecule has 1 aliphatic heterocycles. The molecule has 0 aromatic carbocycles. The Hall–Kier alpha value is -1.18. The van der Waals surface area contributed by atoms with Gasteiger partial charge in [0.25, 0.3) is 5.91 Å². The molecule has 0 saturated carbocycles. The minimum Gasteiger partial charge on any atom is -0.349 e. The molecule has 6 nitrogen and oxygen atoms in total. The second-order valence-electron chi connectivity index (χ2n) is 4.91. The normalized spacial score (nSPS) is 17.6. The molecule has 1 fully saturated rings. The SMILES string of the molecule is CCS(=O)(=O)N1CCC(NC(=O)c2ccnc(Cl)c2)CC1. The van der Waals surface area contributed by atoms with Crippen molar-refractivity contribution in [3.05, 3.63) is 29.0 Å². The Labute approximate surface area is 129 Å². The van der Waals surface area contributed by atoms with Crippen molar-refractivity contribution in [1.82, 2.24) is 14.6 Å². The van der Waals surface area contributed by atoms with Crippen LogP contribution in [-0.2, 0) is 10.0 Å². The molecule has 0 radical (unpaired) electrons. The van der Waals surface area contributed by atoms with E-state index in [0.717, 1.165) is 0 Å². The highest BCUT2D eigenvalue weighted by molar-refractivity contribution is 7.89. The first-order chi connectivity index (χ1) is 9.92. The Kier molecular flexibility index (Phi) is 5.18. The maximum absolute atomic E-state index is 12.1. The van der Waals surface area contributed by atoms with E-state index in [2.05, 4.69) is 10.3 Å². The van der Waals surface area contributed by atoms with Crippen molar-refractivity contribution in [2.24, 2.45) is 0 Å². The van der Waals surface area contributed by atoms with Crippen LogP contribution in [0.4, 0.5) is 0 Å². The Morgan fingerprint density at radius 1 is 1.48 bits per heavy atom. The van der Waals surface area contributed by atoms with Gasteiger partial charge < -0.3 is 5.32 Å². The minimum absolute atomic E-state index is 0.0206. The first-order valence-corrected chi connectivity index (χ1v) is 8.81. The van der Waals surface area contributed by atoms with Crippen molar-refractivity contribution in [2.45, 2.75) is 25.8 Å². The molecular weight excluding hydrogens is 314 g/mol. The second-order valence-corrected chi connectivity index (χ2v) is 7.56. The number of sulfonamides is 1. The zero-order valence-electron chi connectivity index (χ0n) is 11.8. The number of nitrogens with one attached hydrogen (secondary N) is 1. The number of carbonyl (C=O) groups excluding carboxylic acids is 1. The van der Waals surface area contributed by atoms with Crippen LogP contribution < -0.4 is 5.32 Å². The summed E-state index contributed by atoms with van der Waals surface area (Å²) in [7, 11) is -3.14. The highest BCUT2D eigenvalue weighted by Crippen LogP contribution is 2.15. The summed E-state index contributed by atoms with van der Waals surface area (Å²) >= 11 is 5.75. The number of amides is 1. The van der Waals surface area contributed by atoms with E-state index in [1.807, 2.05) is 0 Å². The molecule has 8 heteroatoms. The molecule has 1 amide bonds. The highest BCUT2D eigenvalue weighted by Gasteiger charge is 2.27. The van der Waals surface area contributed by atoms with Gasteiger partial charge in [-0.3, -0.25) is 4.79 Å². The number of hydrogen-bond donors (Lipinski definition) is 1. The number of pyridine rings is 1. The third kappa shape index (κ3) is 4.15. The third-order valence-electron chi connectivity index (χ3n) is 3.54. The number of hydrogen-bond acceptors (Lipinski definition) is 4. The lowest BCUT2D eigenvalue weighted by molar-refractivity contribution is 0.0923. The lowest BCUT2D eigenvalue weighted by Gasteiger charge is -2.31. The first kappa shape index (κ1) is 16.2. The van der Waals surface area contributed by atoms with Crippen LogP contribution >= 0.6 is 11.6 Å². The molecule has 1 saturated heterocycles. The molecule has 1 aromatic heterocycles. The summed E-state index contributed by atoms with van der Waals surface area (Å²) in [5.41, 5.74) is 0.457. The number of nitrogens with zero attached hydrogens (tertiary/aromatic N) is 2. The van der Waals surface area contributed by atoms with E-state index < -0.39 is 10.0 Å². The monoisotopic (exact) mass is 331 g/mol. The number of piperidine rings is 1. The summed E-state index contributed by atoms with van der Waals surface area (Å²) in [6, 6.07) is 3.08. The molecular formula is C13H18ClN3O3S. The molecule has 2 rings (SSSR count). The molecule has 0 aliphatic carbocycles. The molecule has 1 aliphatic rings. The highest BCUT2D eigenvalue weighted by atomic mass is 35.5. The molecule has 0 spiro atoms. The van der Waals surface area contributed by atoms with Crippen molar-refractivity contribution in [3.63, 3.8) is 0 Å². The fourth-order valence-electron chi connectivity index (χ4n) is 2.27. The lowest BCUT2D eigenvalue weighted by atomic mass is 10.1. The van der Waals surface area contributed by atoms with Crippen molar-refractivity contribution in [3.8, 4) is 0 Å². The maximum atomic E-state index is 12.1. The van der Waals surface area contributed by atoms with Crippen LogP contribution in [0.5, 0.6) is 0 Å². The first-order valence-electron chi connectivity index (χ1n) is 6.82. The molecule has 1 N–H and O–H groups in total. The van der Waals surface area contributed by atoms with Crippen molar-refractivity contribution < 1.29 is 13.2 Å².